The van der Waals surface area contributed by atoms with Gasteiger partial charge >= 0.3 is 0 Å². The Morgan fingerprint density at radius 1 is 0.104 bits per heavy atom. The van der Waals surface area contributed by atoms with Crippen molar-refractivity contribution in [2.45, 2.75) is 6.92 Å². The largest absolute Gasteiger partial charge is 0.183 e. The molecule has 0 radical (unpaired) electrons. The van der Waals surface area contributed by atoms with Crippen LogP contribution >= 0.6 is 0 Å². The molecule has 0 fully saturated rings. The third kappa shape index (κ3) is 59.2. The van der Waals surface area contributed by atoms with E-state index in [4.69, 9.17) is 5.26 Å². The summed E-state index contributed by atoms with van der Waals surface area (Å²) in [5, 5.41) is 8.21. The fourth-order valence-corrected chi connectivity index (χ4v) is 2.31. The van der Waals surface area contributed by atoms with E-state index in [9.17, 15) is 0 Å². The molecule has 1 nitrogen and oxygen atoms in total. The van der Waals surface area contributed by atoms with Crippen molar-refractivity contribution in [1.29, 1.82) is 5.26 Å². The molecule has 0 heterocycles. The van der Waals surface area contributed by atoms with Gasteiger partial charge < -0.3 is 0 Å². The average molecular weight is 930 g/mol. The van der Waals surface area contributed by atoms with Gasteiger partial charge in [0, 0.05) is 385 Å². The Balaban J connectivity index is 4.61. The minimum atomic E-state index is 1.63. The molecule has 77 heavy (non-hydrogen) atoms. The molecular formula is C76H3N. The van der Waals surface area contributed by atoms with Crippen LogP contribution in [0.5, 0.6) is 0 Å². The molecule has 0 amide bonds. The van der Waals surface area contributed by atoms with Crippen LogP contribution in [-0.4, -0.2) is 0 Å². The van der Waals surface area contributed by atoms with Gasteiger partial charge in [-0.25, -0.2) is 0 Å². The first-order valence-corrected chi connectivity index (χ1v) is 19.2. The van der Waals surface area contributed by atoms with E-state index in [1.807, 2.05) is 0 Å². The number of nitriles is 1. The molecule has 0 aliphatic carbocycles. The van der Waals surface area contributed by atoms with Crippen molar-refractivity contribution >= 4 is 0 Å². The third-order valence-electron chi connectivity index (χ3n) is 4.68. The molecule has 0 rings (SSSR count). The van der Waals surface area contributed by atoms with Crippen LogP contribution in [0.25, 0.3) is 0 Å². The SMILES string of the molecule is CC#CC#CC#CC#CC#CC#CC#CC#CC#CC#CC#CC#CC#CC#CC#CC#CC#CC#CC#CC#CC#CC#CC#CC#CC#CC#CC#CC#CC#CC#CC#CC#CC#CC#CC#CC#CC#CC#N. The fourth-order valence-electron chi connectivity index (χ4n) is 2.31. The Kier molecular flexibility index (Phi) is 46.3. The Morgan fingerprint density at radius 2 is 0.169 bits per heavy atom. The second kappa shape index (κ2) is 59.2. The first-order chi connectivity index (χ1) is 38.4. The molecule has 0 aliphatic heterocycles. The van der Waals surface area contributed by atoms with Crippen molar-refractivity contribution < 1.29 is 0 Å². The zero-order valence-corrected chi connectivity index (χ0v) is 38.9. The first kappa shape index (κ1) is 60.2. The van der Waals surface area contributed by atoms with Crippen LogP contribution in [0.3, 0.4) is 0 Å². The molecule has 0 N–H and O–H groups in total. The van der Waals surface area contributed by atoms with Gasteiger partial charge in [0.1, 0.15) is 0 Å². The third-order valence-corrected chi connectivity index (χ3v) is 4.68. The summed E-state index contributed by atoms with van der Waals surface area (Å²) in [5.74, 6) is 184. The van der Waals surface area contributed by atoms with Gasteiger partial charge in [-0.15, -0.1) is 0 Å². The molecule has 1 heteroatoms. The summed E-state index contributed by atoms with van der Waals surface area (Å²) in [5.41, 5.74) is 0. The van der Waals surface area contributed by atoms with Crippen LogP contribution in [0.4, 0.5) is 0 Å². The van der Waals surface area contributed by atoms with Gasteiger partial charge in [0.25, 0.3) is 0 Å². The van der Waals surface area contributed by atoms with Crippen molar-refractivity contribution in [2.75, 3.05) is 0 Å². The Labute approximate surface area is 453 Å². The summed E-state index contributed by atoms with van der Waals surface area (Å²) in [7, 11) is 0. The lowest BCUT2D eigenvalue weighted by Gasteiger charge is -1.58. The lowest BCUT2D eigenvalue weighted by atomic mass is 10.4. The van der Waals surface area contributed by atoms with E-state index in [-0.39, 0.29) is 0 Å². The highest BCUT2D eigenvalue weighted by atomic mass is 14.2. The predicted octanol–water partition coefficient (Wildman–Crippen LogP) is 0.656. The second-order valence-corrected chi connectivity index (χ2v) is 9.49. The maximum atomic E-state index is 8.21. The van der Waals surface area contributed by atoms with E-state index in [1.165, 1.54) is 0 Å². The summed E-state index contributed by atoms with van der Waals surface area (Å²) in [6.45, 7) is 1.68. The van der Waals surface area contributed by atoms with Crippen LogP contribution in [0, 0.1) is 449 Å². The van der Waals surface area contributed by atoms with Gasteiger partial charge in [0.2, 0.25) is 0 Å². The van der Waals surface area contributed by atoms with Crippen LogP contribution in [-0.2, 0) is 0 Å². The van der Waals surface area contributed by atoms with Gasteiger partial charge in [0.15, 0.2) is 6.07 Å². The Hall–Kier alpha value is -16.8. The summed E-state index contributed by atoms with van der Waals surface area (Å²) in [6.07, 6.45) is 0. The van der Waals surface area contributed by atoms with Gasteiger partial charge in [-0.1, -0.05) is 5.92 Å². The highest BCUT2D eigenvalue weighted by molar-refractivity contribution is 5.53. The second-order valence-electron chi connectivity index (χ2n) is 9.49. The van der Waals surface area contributed by atoms with Crippen molar-refractivity contribution in [3.8, 4) is 444 Å². The topological polar surface area (TPSA) is 23.8 Å². The minimum Gasteiger partial charge on any atom is -0.183 e. The van der Waals surface area contributed by atoms with Crippen molar-refractivity contribution in [3.63, 3.8) is 0 Å². The maximum Gasteiger partial charge on any atom is 0.153 e. The monoisotopic (exact) mass is 929 g/mol. The van der Waals surface area contributed by atoms with Crippen LogP contribution in [0.15, 0.2) is 0 Å². The standard InChI is InChI=1S/C76H3N/c1-2-3-4-5-6-7-8-9-10-11-12-13-14-15-16-17-18-19-20-21-22-23-24-25-26-27-28-29-30-31-32-33-34-35-36-37-38-39-40-41-42-43-44-45-46-47-48-49-50-51-52-53-54-55-56-57-58-59-60-61-62-63-64-65-66-67-68-69-70-71-72-73-74-75-76-77/h1H3. The number of hydrogen-bond donors (Lipinski definition) is 0. The van der Waals surface area contributed by atoms with E-state index >= 15 is 0 Å². The highest BCUT2D eigenvalue weighted by Gasteiger charge is 1.65. The molecule has 0 aromatic rings. The number of rotatable bonds is 0. The molecule has 0 saturated heterocycles. The maximum absolute atomic E-state index is 8.21. The molecule has 0 spiro atoms. The van der Waals surface area contributed by atoms with E-state index in [2.05, 4.69) is 438 Å². The molecule has 0 saturated carbocycles. The zero-order valence-electron chi connectivity index (χ0n) is 38.9. The van der Waals surface area contributed by atoms with Crippen molar-refractivity contribution in [2.24, 2.45) is 0 Å². The van der Waals surface area contributed by atoms with Crippen LogP contribution in [0.1, 0.15) is 6.92 Å². The molecule has 0 aromatic heterocycles. The smallest absolute Gasteiger partial charge is 0.153 e. The fraction of sp³-hybridized carbons (Fsp3) is 0.0132. The van der Waals surface area contributed by atoms with Gasteiger partial charge in [-0.3, -0.25) is 0 Å². The molecule has 0 atom stereocenters. The van der Waals surface area contributed by atoms with E-state index in [0.29, 0.717) is 0 Å². The molecular weight excluding hydrogens is 927 g/mol. The molecule has 312 valence electrons. The van der Waals surface area contributed by atoms with Gasteiger partial charge in [0.05, 0.1) is 0 Å². The Morgan fingerprint density at radius 3 is 0.234 bits per heavy atom. The van der Waals surface area contributed by atoms with Crippen molar-refractivity contribution in [3.05, 3.63) is 0 Å². The van der Waals surface area contributed by atoms with Gasteiger partial charge in [-0.2, -0.15) is 5.26 Å². The predicted molar refractivity (Wildman–Crippen MR) is 299 cm³/mol. The van der Waals surface area contributed by atoms with Crippen LogP contribution < -0.4 is 0 Å². The molecule has 0 bridgehead atoms. The lowest BCUT2D eigenvalue weighted by molar-refractivity contribution is 1.55. The first-order valence-electron chi connectivity index (χ1n) is 19.2. The van der Waals surface area contributed by atoms with E-state index in [1.54, 1.807) is 13.0 Å². The summed E-state index contributed by atoms with van der Waals surface area (Å²) in [6, 6.07) is 1.63. The zero-order chi connectivity index (χ0) is 55.0. The minimum absolute atomic E-state index is 1.63. The lowest BCUT2D eigenvalue weighted by Crippen LogP contribution is -1.57. The highest BCUT2D eigenvalue weighted by Crippen LogP contribution is 1.65. The normalized spacial score (nSPS) is 3.95. The molecule has 0 unspecified atom stereocenters. The van der Waals surface area contributed by atoms with E-state index in [0.717, 1.165) is 0 Å². The van der Waals surface area contributed by atoms with Crippen LogP contribution in [0.2, 0.25) is 0 Å². The quantitative estimate of drug-likeness (QED) is 0.328. The number of hydrogen-bond acceptors (Lipinski definition) is 1. The molecule has 0 aromatic carbocycles. The van der Waals surface area contributed by atoms with E-state index < -0.39 is 0 Å². The Bertz CT molecular complexity index is 5170. The van der Waals surface area contributed by atoms with Gasteiger partial charge in [-0.05, 0) is 54.3 Å². The summed E-state index contributed by atoms with van der Waals surface area (Å²) >= 11 is 0. The number of nitrogens with zero attached hydrogens (tertiary/aromatic N) is 1. The summed E-state index contributed by atoms with van der Waals surface area (Å²) < 4.78 is 0. The average Bonchev–Trinajstić information content (AvgIpc) is 3.44. The van der Waals surface area contributed by atoms with Crippen molar-refractivity contribution in [1.82, 2.24) is 0 Å². The summed E-state index contributed by atoms with van der Waals surface area (Å²) in [4.78, 5) is 0. The molecule has 0 aliphatic rings.